The van der Waals surface area contributed by atoms with Crippen LogP contribution in [-0.4, -0.2) is 18.9 Å². The third kappa shape index (κ3) is 3.65. The van der Waals surface area contributed by atoms with Crippen LogP contribution in [-0.2, 0) is 5.41 Å². The molecule has 1 unspecified atom stereocenters. The molecule has 48 heavy (non-hydrogen) atoms. The molecule has 4 aromatic heterocycles. The molecule has 0 saturated heterocycles. The molecule has 230 valence electrons. The van der Waals surface area contributed by atoms with Crippen molar-refractivity contribution in [3.05, 3.63) is 156 Å². The van der Waals surface area contributed by atoms with Crippen molar-refractivity contribution in [2.45, 2.75) is 25.4 Å². The quantitative estimate of drug-likeness (QED) is 0.184. The van der Waals surface area contributed by atoms with E-state index < -0.39 is 6.17 Å². The zero-order chi connectivity index (χ0) is 32.1. The minimum atomic E-state index is -1.36. The van der Waals surface area contributed by atoms with Crippen molar-refractivity contribution in [3.8, 4) is 17.3 Å². The van der Waals surface area contributed by atoms with Gasteiger partial charge in [0.25, 0.3) is 0 Å². The van der Waals surface area contributed by atoms with E-state index in [4.69, 9.17) is 9.72 Å². The molecule has 0 saturated carbocycles. The molecule has 5 aromatic carbocycles. The minimum absolute atomic E-state index is 0.260. The van der Waals surface area contributed by atoms with Crippen LogP contribution in [0.5, 0.6) is 11.5 Å². The average molecular weight is 625 g/mol. The molecule has 0 aliphatic carbocycles. The summed E-state index contributed by atoms with van der Waals surface area (Å²) >= 11 is 0. The van der Waals surface area contributed by atoms with Gasteiger partial charge in [0.05, 0.1) is 21.9 Å². The zero-order valence-corrected chi connectivity index (χ0v) is 26.4. The second kappa shape index (κ2) is 9.75. The fourth-order valence-electron chi connectivity index (χ4n) is 7.85. The Morgan fingerprint density at radius 2 is 1.44 bits per heavy atom. The standard InChI is InChI=1S/C42H29FN4O/c1-42(2)31-10-4-6-12-36(31)48-40-32(42)18-19-34-38(40)29-17-15-26(24-35(29)47(34)37-13-7-8-20-44-37)39(43)25-14-16-27-28-9-3-5-11-33(28)46-22-21-45-41(46)30(27)23-25/h3-24,39H,1-2H3. The van der Waals surface area contributed by atoms with Crippen LogP contribution in [0.1, 0.15) is 42.3 Å². The third-order valence-corrected chi connectivity index (χ3v) is 10.2. The number of ether oxygens (including phenoxy) is 1. The van der Waals surface area contributed by atoms with Crippen molar-refractivity contribution in [2.24, 2.45) is 0 Å². The Balaban J connectivity index is 1.19. The van der Waals surface area contributed by atoms with Gasteiger partial charge in [-0.1, -0.05) is 86.6 Å². The van der Waals surface area contributed by atoms with Gasteiger partial charge in [0, 0.05) is 51.3 Å². The van der Waals surface area contributed by atoms with Crippen molar-refractivity contribution >= 4 is 49.1 Å². The van der Waals surface area contributed by atoms with E-state index in [1.807, 2.05) is 85.1 Å². The SMILES string of the molecule is CC1(C)c2ccccc2Oc2c1ccc1c2c2ccc(C(F)c3ccc4c5ccccc5n5ccnc5c4c3)cc2n1-c1ccccn1. The van der Waals surface area contributed by atoms with Crippen molar-refractivity contribution in [1.29, 1.82) is 0 Å². The van der Waals surface area contributed by atoms with E-state index >= 15 is 4.39 Å². The number of hydrogen-bond donors (Lipinski definition) is 0. The highest BCUT2D eigenvalue weighted by atomic mass is 19.1. The number of imidazole rings is 1. The van der Waals surface area contributed by atoms with Gasteiger partial charge in [0.2, 0.25) is 0 Å². The van der Waals surface area contributed by atoms with Crippen LogP contribution >= 0.6 is 0 Å². The number of aromatic nitrogens is 4. The number of fused-ring (bicyclic) bond motifs is 12. The summed E-state index contributed by atoms with van der Waals surface area (Å²) in [5, 5.41) is 5.08. The van der Waals surface area contributed by atoms with E-state index in [0.717, 1.165) is 77.6 Å². The highest BCUT2D eigenvalue weighted by Gasteiger charge is 2.36. The van der Waals surface area contributed by atoms with E-state index in [2.05, 4.69) is 64.2 Å². The summed E-state index contributed by atoms with van der Waals surface area (Å²) in [6, 6.07) is 38.5. The van der Waals surface area contributed by atoms with E-state index in [1.54, 1.807) is 12.4 Å². The first kappa shape index (κ1) is 27.1. The fraction of sp³-hybridized carbons (Fsp3) is 0.0952. The van der Waals surface area contributed by atoms with Gasteiger partial charge in [-0.3, -0.25) is 8.97 Å². The summed E-state index contributed by atoms with van der Waals surface area (Å²) < 4.78 is 27.7. The molecule has 1 aliphatic rings. The Morgan fingerprint density at radius 1 is 0.646 bits per heavy atom. The summed E-state index contributed by atoms with van der Waals surface area (Å²) in [6.07, 6.45) is 4.20. The number of rotatable bonds is 3. The van der Waals surface area contributed by atoms with Gasteiger partial charge in [-0.2, -0.15) is 0 Å². The van der Waals surface area contributed by atoms with Gasteiger partial charge >= 0.3 is 0 Å². The lowest BCUT2D eigenvalue weighted by molar-refractivity contribution is 0.402. The summed E-state index contributed by atoms with van der Waals surface area (Å²) in [5.41, 5.74) is 6.90. The summed E-state index contributed by atoms with van der Waals surface area (Å²) in [5.74, 6) is 2.46. The van der Waals surface area contributed by atoms with Crippen LogP contribution in [0.25, 0.3) is 54.9 Å². The summed E-state index contributed by atoms with van der Waals surface area (Å²) in [7, 11) is 0. The molecule has 0 spiro atoms. The first-order valence-corrected chi connectivity index (χ1v) is 16.2. The minimum Gasteiger partial charge on any atom is -0.456 e. The number of para-hydroxylation sites is 2. The predicted octanol–water partition coefficient (Wildman–Crippen LogP) is 10.6. The molecule has 0 amide bonds. The normalized spacial score (nSPS) is 14.4. The molecular weight excluding hydrogens is 595 g/mol. The smallest absolute Gasteiger partial charge is 0.150 e. The Bertz CT molecular complexity index is 2760. The van der Waals surface area contributed by atoms with Crippen molar-refractivity contribution < 1.29 is 9.13 Å². The number of alkyl halides is 1. The average Bonchev–Trinajstić information content (AvgIpc) is 3.75. The molecule has 10 rings (SSSR count). The van der Waals surface area contributed by atoms with E-state index in [9.17, 15) is 0 Å². The first-order chi connectivity index (χ1) is 23.5. The number of hydrogen-bond acceptors (Lipinski definition) is 3. The molecule has 5 heterocycles. The van der Waals surface area contributed by atoms with Gasteiger partial charge in [-0.15, -0.1) is 0 Å². The molecule has 0 radical (unpaired) electrons. The van der Waals surface area contributed by atoms with E-state index in [0.29, 0.717) is 11.1 Å². The second-order valence-electron chi connectivity index (χ2n) is 13.2. The summed E-state index contributed by atoms with van der Waals surface area (Å²) in [4.78, 5) is 9.39. The topological polar surface area (TPSA) is 44.4 Å². The lowest BCUT2D eigenvalue weighted by atomic mass is 9.75. The number of pyridine rings is 2. The maximum Gasteiger partial charge on any atom is 0.150 e. The summed E-state index contributed by atoms with van der Waals surface area (Å²) in [6.45, 7) is 4.48. The van der Waals surface area contributed by atoms with Gasteiger partial charge in [0.15, 0.2) is 6.17 Å². The molecular formula is C42H29FN4O. The zero-order valence-electron chi connectivity index (χ0n) is 26.4. The van der Waals surface area contributed by atoms with Crippen LogP contribution in [0.4, 0.5) is 4.39 Å². The maximum absolute atomic E-state index is 16.8. The largest absolute Gasteiger partial charge is 0.456 e. The lowest BCUT2D eigenvalue weighted by Crippen LogP contribution is -2.24. The molecule has 0 fully saturated rings. The highest BCUT2D eigenvalue weighted by molar-refractivity contribution is 6.14. The van der Waals surface area contributed by atoms with Crippen LogP contribution in [0.2, 0.25) is 0 Å². The van der Waals surface area contributed by atoms with Crippen LogP contribution < -0.4 is 4.74 Å². The van der Waals surface area contributed by atoms with Gasteiger partial charge in [-0.25, -0.2) is 14.4 Å². The maximum atomic E-state index is 16.8. The third-order valence-electron chi connectivity index (χ3n) is 10.2. The number of benzene rings is 5. The Morgan fingerprint density at radius 3 is 2.31 bits per heavy atom. The van der Waals surface area contributed by atoms with Crippen LogP contribution in [0.15, 0.2) is 134 Å². The van der Waals surface area contributed by atoms with Gasteiger partial charge < -0.3 is 4.74 Å². The number of halogens is 1. The highest BCUT2D eigenvalue weighted by Crippen LogP contribution is 2.52. The lowest BCUT2D eigenvalue weighted by Gasteiger charge is -2.34. The fourth-order valence-corrected chi connectivity index (χ4v) is 7.85. The Hall–Kier alpha value is -6.01. The van der Waals surface area contributed by atoms with Gasteiger partial charge in [0.1, 0.15) is 23.0 Å². The molecule has 0 bridgehead atoms. The monoisotopic (exact) mass is 624 g/mol. The van der Waals surface area contributed by atoms with Gasteiger partial charge in [-0.05, 0) is 59.0 Å². The molecule has 1 aliphatic heterocycles. The van der Waals surface area contributed by atoms with Crippen molar-refractivity contribution in [3.63, 3.8) is 0 Å². The Labute approximate surface area is 275 Å². The number of nitrogens with zero attached hydrogens (tertiary/aromatic N) is 4. The van der Waals surface area contributed by atoms with E-state index in [1.165, 1.54) is 0 Å². The molecule has 6 heteroatoms. The van der Waals surface area contributed by atoms with Crippen LogP contribution in [0.3, 0.4) is 0 Å². The van der Waals surface area contributed by atoms with Crippen molar-refractivity contribution in [1.82, 2.24) is 18.9 Å². The molecule has 1 atom stereocenters. The van der Waals surface area contributed by atoms with Crippen LogP contribution in [0, 0.1) is 0 Å². The first-order valence-electron chi connectivity index (χ1n) is 16.2. The molecule has 0 N–H and O–H groups in total. The Kier molecular flexibility index (Phi) is 5.51. The predicted molar refractivity (Wildman–Crippen MR) is 190 cm³/mol. The van der Waals surface area contributed by atoms with E-state index in [-0.39, 0.29) is 5.41 Å². The molecule has 5 nitrogen and oxygen atoms in total. The van der Waals surface area contributed by atoms with Crippen molar-refractivity contribution in [2.75, 3.05) is 0 Å². The molecule has 9 aromatic rings. The second-order valence-corrected chi connectivity index (χ2v) is 13.2.